The summed E-state index contributed by atoms with van der Waals surface area (Å²) < 4.78 is 10.2. The average Bonchev–Trinajstić information content (AvgIpc) is 3.05. The topological polar surface area (TPSA) is 56.5 Å². The first kappa shape index (κ1) is 14.9. The van der Waals surface area contributed by atoms with Gasteiger partial charge in [0.1, 0.15) is 6.26 Å². The highest BCUT2D eigenvalue weighted by molar-refractivity contribution is 6.31. The van der Waals surface area contributed by atoms with E-state index in [0.29, 0.717) is 17.0 Å². The van der Waals surface area contributed by atoms with Crippen LogP contribution >= 0.6 is 11.6 Å². The molecular weight excluding hydrogens is 304 g/mol. The zero-order valence-electron chi connectivity index (χ0n) is 11.8. The van der Waals surface area contributed by atoms with Crippen LogP contribution < -0.4 is 0 Å². The second-order valence-electron chi connectivity index (χ2n) is 5.31. The molecule has 1 aromatic carbocycles. The molecule has 1 aliphatic carbocycles. The fourth-order valence-electron chi connectivity index (χ4n) is 2.78. The molecule has 1 aromatic heterocycles. The minimum atomic E-state index is -0.725. The summed E-state index contributed by atoms with van der Waals surface area (Å²) in [6.45, 7) is 0. The number of benzene rings is 1. The molecule has 114 valence electrons. The Balaban J connectivity index is 1.76. The molecule has 0 spiro atoms. The third-order valence-electron chi connectivity index (χ3n) is 3.91. The maximum absolute atomic E-state index is 12.6. The van der Waals surface area contributed by atoms with Crippen LogP contribution in [0.1, 0.15) is 41.1 Å². The smallest absolute Gasteiger partial charge is 0.342 e. The second kappa shape index (κ2) is 6.36. The van der Waals surface area contributed by atoms with Crippen molar-refractivity contribution in [3.8, 4) is 0 Å². The van der Waals surface area contributed by atoms with Gasteiger partial charge in [-0.25, -0.2) is 4.79 Å². The largest absolute Gasteiger partial charge is 0.472 e. The van der Waals surface area contributed by atoms with Crippen LogP contribution in [0.2, 0.25) is 5.02 Å². The highest BCUT2D eigenvalue weighted by atomic mass is 35.5. The first-order valence-corrected chi connectivity index (χ1v) is 7.56. The van der Waals surface area contributed by atoms with E-state index in [0.717, 1.165) is 18.4 Å². The molecule has 1 saturated carbocycles. The average molecular weight is 319 g/mol. The van der Waals surface area contributed by atoms with Crippen molar-refractivity contribution in [3.05, 3.63) is 59.0 Å². The standard InChI is InChI=1S/C17H15ClO4/c18-14-6-2-1-4-12(14)13-5-3-7-15(16(13)19)22-17(20)11-8-9-21-10-11/h1-2,4,6,8-10,13,15H,3,5,7H2/t13?,15-/m1/s1. The fourth-order valence-corrected chi connectivity index (χ4v) is 3.05. The second-order valence-corrected chi connectivity index (χ2v) is 5.72. The molecule has 0 radical (unpaired) electrons. The van der Waals surface area contributed by atoms with E-state index in [1.807, 2.05) is 18.2 Å². The van der Waals surface area contributed by atoms with Crippen molar-refractivity contribution in [2.24, 2.45) is 0 Å². The summed E-state index contributed by atoms with van der Waals surface area (Å²) in [5, 5.41) is 0.572. The van der Waals surface area contributed by atoms with Crippen LogP contribution in [0.15, 0.2) is 47.3 Å². The first-order chi connectivity index (χ1) is 10.7. The molecule has 1 unspecified atom stereocenters. The molecule has 1 aliphatic rings. The van der Waals surface area contributed by atoms with Gasteiger partial charge in [0.05, 0.1) is 11.8 Å². The number of halogens is 1. The van der Waals surface area contributed by atoms with Gasteiger partial charge in [0.25, 0.3) is 0 Å². The number of hydrogen-bond acceptors (Lipinski definition) is 4. The SMILES string of the molecule is O=C(O[C@@H]1CCCC(c2ccccc2Cl)C1=O)c1ccoc1. The van der Waals surface area contributed by atoms with E-state index in [1.165, 1.54) is 18.6 Å². The Morgan fingerprint density at radius 1 is 1.23 bits per heavy atom. The van der Waals surface area contributed by atoms with E-state index in [9.17, 15) is 9.59 Å². The van der Waals surface area contributed by atoms with Gasteiger partial charge in [-0.3, -0.25) is 4.79 Å². The van der Waals surface area contributed by atoms with Crippen LogP contribution in [0.25, 0.3) is 0 Å². The van der Waals surface area contributed by atoms with Crippen LogP contribution in [0.5, 0.6) is 0 Å². The lowest BCUT2D eigenvalue weighted by Gasteiger charge is -2.28. The van der Waals surface area contributed by atoms with Gasteiger partial charge in [0.2, 0.25) is 0 Å². The van der Waals surface area contributed by atoms with Gasteiger partial charge in [-0.2, -0.15) is 0 Å². The zero-order valence-corrected chi connectivity index (χ0v) is 12.6. The Morgan fingerprint density at radius 3 is 2.77 bits per heavy atom. The monoisotopic (exact) mass is 318 g/mol. The van der Waals surface area contributed by atoms with Crippen LogP contribution in [-0.2, 0) is 9.53 Å². The molecule has 0 N–H and O–H groups in total. The fraction of sp³-hybridized carbons (Fsp3) is 0.294. The Bertz CT molecular complexity index is 678. The van der Waals surface area contributed by atoms with Crippen LogP contribution in [0, 0.1) is 0 Å². The van der Waals surface area contributed by atoms with Crippen LogP contribution in [0.3, 0.4) is 0 Å². The Labute approximate surface area is 133 Å². The number of rotatable bonds is 3. The number of ketones is 1. The quantitative estimate of drug-likeness (QED) is 0.803. The predicted molar refractivity (Wildman–Crippen MR) is 81.0 cm³/mol. The van der Waals surface area contributed by atoms with Crippen molar-refractivity contribution in [1.29, 1.82) is 0 Å². The molecule has 0 bridgehead atoms. The highest BCUT2D eigenvalue weighted by Gasteiger charge is 2.35. The van der Waals surface area contributed by atoms with E-state index in [1.54, 1.807) is 6.07 Å². The van der Waals surface area contributed by atoms with Crippen LogP contribution in [-0.4, -0.2) is 17.9 Å². The van der Waals surface area contributed by atoms with E-state index in [4.69, 9.17) is 20.8 Å². The van der Waals surface area contributed by atoms with Crippen molar-refractivity contribution < 1.29 is 18.7 Å². The number of esters is 1. The van der Waals surface area contributed by atoms with Crippen molar-refractivity contribution in [1.82, 2.24) is 0 Å². The highest BCUT2D eigenvalue weighted by Crippen LogP contribution is 2.35. The Morgan fingerprint density at radius 2 is 2.05 bits per heavy atom. The Kier molecular flexibility index (Phi) is 4.29. The lowest BCUT2D eigenvalue weighted by Crippen LogP contribution is -2.35. The number of Topliss-reactive ketones (excluding diaryl/α,β-unsaturated/α-hetero) is 1. The predicted octanol–water partition coefficient (Wildman–Crippen LogP) is 4.00. The molecule has 22 heavy (non-hydrogen) atoms. The summed E-state index contributed by atoms with van der Waals surface area (Å²) in [6.07, 6.45) is 4.06. The van der Waals surface area contributed by atoms with Gasteiger partial charge in [-0.1, -0.05) is 29.8 Å². The summed E-state index contributed by atoms with van der Waals surface area (Å²) >= 11 is 6.19. The third kappa shape index (κ3) is 2.92. The van der Waals surface area contributed by atoms with Crippen molar-refractivity contribution >= 4 is 23.4 Å². The molecule has 4 nitrogen and oxygen atoms in total. The molecule has 0 amide bonds. The molecule has 1 fully saturated rings. The van der Waals surface area contributed by atoms with Gasteiger partial charge in [0, 0.05) is 10.9 Å². The lowest BCUT2D eigenvalue weighted by atomic mass is 9.81. The first-order valence-electron chi connectivity index (χ1n) is 7.18. The van der Waals surface area contributed by atoms with Gasteiger partial charge < -0.3 is 9.15 Å². The molecule has 0 saturated heterocycles. The van der Waals surface area contributed by atoms with Gasteiger partial charge >= 0.3 is 5.97 Å². The van der Waals surface area contributed by atoms with E-state index < -0.39 is 12.1 Å². The molecule has 1 heterocycles. The third-order valence-corrected chi connectivity index (χ3v) is 4.25. The summed E-state index contributed by atoms with van der Waals surface area (Å²) in [6, 6.07) is 8.82. The zero-order chi connectivity index (χ0) is 15.5. The number of hydrogen-bond donors (Lipinski definition) is 0. The lowest BCUT2D eigenvalue weighted by molar-refractivity contribution is -0.131. The van der Waals surface area contributed by atoms with Crippen molar-refractivity contribution in [2.45, 2.75) is 31.3 Å². The van der Waals surface area contributed by atoms with E-state index in [-0.39, 0.29) is 11.7 Å². The van der Waals surface area contributed by atoms with Gasteiger partial charge in [-0.15, -0.1) is 0 Å². The van der Waals surface area contributed by atoms with E-state index >= 15 is 0 Å². The summed E-state index contributed by atoms with van der Waals surface area (Å²) in [7, 11) is 0. The molecule has 2 atom stereocenters. The van der Waals surface area contributed by atoms with Crippen LogP contribution in [0.4, 0.5) is 0 Å². The van der Waals surface area contributed by atoms with Crippen molar-refractivity contribution in [2.75, 3.05) is 0 Å². The number of ether oxygens (including phenoxy) is 1. The maximum atomic E-state index is 12.6. The minimum Gasteiger partial charge on any atom is -0.472 e. The Hall–Kier alpha value is -2.07. The van der Waals surface area contributed by atoms with Crippen molar-refractivity contribution in [3.63, 3.8) is 0 Å². The minimum absolute atomic E-state index is 0.0869. The molecule has 2 aromatic rings. The number of furan rings is 1. The summed E-state index contributed by atoms with van der Waals surface area (Å²) in [4.78, 5) is 24.6. The summed E-state index contributed by atoms with van der Waals surface area (Å²) in [5.41, 5.74) is 1.12. The molecule has 0 aliphatic heterocycles. The molecule has 3 rings (SSSR count). The van der Waals surface area contributed by atoms with E-state index in [2.05, 4.69) is 0 Å². The number of carbonyl (C=O) groups excluding carboxylic acids is 2. The maximum Gasteiger partial charge on any atom is 0.342 e. The summed E-state index contributed by atoms with van der Waals surface area (Å²) in [5.74, 6) is -0.937. The molecular formula is C17H15ClO4. The normalized spacial score (nSPS) is 21.6. The van der Waals surface area contributed by atoms with Gasteiger partial charge in [-0.05, 0) is 37.0 Å². The number of carbonyl (C=O) groups is 2. The van der Waals surface area contributed by atoms with Gasteiger partial charge in [0.15, 0.2) is 11.9 Å². The molecule has 5 heteroatoms.